The zero-order valence-electron chi connectivity index (χ0n) is 7.93. The third-order valence-corrected chi connectivity index (χ3v) is 3.18. The van der Waals surface area contributed by atoms with E-state index in [2.05, 4.69) is 4.98 Å². The molecule has 1 unspecified atom stereocenters. The average molecular weight is 212 g/mol. The molecule has 0 spiro atoms. The highest BCUT2D eigenvalue weighted by molar-refractivity contribution is 7.13. The van der Waals surface area contributed by atoms with Gasteiger partial charge in [0.25, 0.3) is 5.91 Å². The molecule has 1 fully saturated rings. The lowest BCUT2D eigenvalue weighted by molar-refractivity contribution is 0.0769. The second-order valence-corrected chi connectivity index (χ2v) is 4.67. The van der Waals surface area contributed by atoms with Gasteiger partial charge in [-0.2, -0.15) is 0 Å². The minimum Gasteiger partial charge on any atom is -0.391 e. The lowest BCUT2D eigenvalue weighted by Gasteiger charge is -2.13. The quantitative estimate of drug-likeness (QED) is 0.744. The summed E-state index contributed by atoms with van der Waals surface area (Å²) in [6.07, 6.45) is 1.93. The Kier molecular flexibility index (Phi) is 2.52. The number of hydrogen-bond donors (Lipinski definition) is 1. The summed E-state index contributed by atoms with van der Waals surface area (Å²) in [5, 5.41) is 10.2. The number of likely N-dealkylation sites (tertiary alicyclic amines) is 1. The van der Waals surface area contributed by atoms with E-state index in [0.29, 0.717) is 24.4 Å². The molecule has 2 heterocycles. The molecule has 1 saturated heterocycles. The van der Waals surface area contributed by atoms with Crippen molar-refractivity contribution in [3.8, 4) is 0 Å². The Bertz CT molecular complexity index is 350. The highest BCUT2D eigenvalue weighted by atomic mass is 32.1. The first-order valence-corrected chi connectivity index (χ1v) is 5.38. The molecule has 1 aliphatic rings. The largest absolute Gasteiger partial charge is 0.391 e. The van der Waals surface area contributed by atoms with Crippen LogP contribution in [0.5, 0.6) is 0 Å². The minimum atomic E-state index is -0.354. The molecule has 14 heavy (non-hydrogen) atoms. The van der Waals surface area contributed by atoms with Gasteiger partial charge in [-0.3, -0.25) is 4.79 Å². The molecule has 0 bridgehead atoms. The summed E-state index contributed by atoms with van der Waals surface area (Å²) in [7, 11) is 0. The lowest BCUT2D eigenvalue weighted by Crippen LogP contribution is -2.28. The number of thiazole rings is 1. The van der Waals surface area contributed by atoms with Gasteiger partial charge in [0.1, 0.15) is 4.88 Å². The fraction of sp³-hybridized carbons (Fsp3) is 0.556. The van der Waals surface area contributed by atoms with Crippen molar-refractivity contribution >= 4 is 17.2 Å². The topological polar surface area (TPSA) is 53.4 Å². The van der Waals surface area contributed by atoms with E-state index in [9.17, 15) is 9.90 Å². The standard InChI is InChI=1S/C9H12N2O2S/c1-6-10-4-8(14-6)9(13)11-3-2-7(12)5-11/h4,7,12H,2-3,5H2,1H3. The van der Waals surface area contributed by atoms with E-state index >= 15 is 0 Å². The maximum atomic E-state index is 11.8. The second kappa shape index (κ2) is 3.67. The van der Waals surface area contributed by atoms with Crippen LogP contribution in [0.15, 0.2) is 6.20 Å². The smallest absolute Gasteiger partial charge is 0.265 e. The molecular weight excluding hydrogens is 200 g/mol. The van der Waals surface area contributed by atoms with Crippen LogP contribution in [0, 0.1) is 6.92 Å². The Morgan fingerprint density at radius 3 is 3.07 bits per heavy atom. The molecule has 1 N–H and O–H groups in total. The summed E-state index contributed by atoms with van der Waals surface area (Å²) >= 11 is 1.40. The van der Waals surface area contributed by atoms with Gasteiger partial charge in [0.15, 0.2) is 0 Å². The van der Waals surface area contributed by atoms with Crippen molar-refractivity contribution in [3.63, 3.8) is 0 Å². The maximum absolute atomic E-state index is 11.8. The molecule has 5 heteroatoms. The van der Waals surface area contributed by atoms with E-state index < -0.39 is 0 Å². The van der Waals surface area contributed by atoms with Crippen molar-refractivity contribution in [2.24, 2.45) is 0 Å². The molecule has 1 aromatic heterocycles. The van der Waals surface area contributed by atoms with Gasteiger partial charge in [-0.1, -0.05) is 0 Å². The number of nitrogens with zero attached hydrogens (tertiary/aromatic N) is 2. The van der Waals surface area contributed by atoms with Crippen LogP contribution in [0.2, 0.25) is 0 Å². The summed E-state index contributed by atoms with van der Waals surface area (Å²) in [5.41, 5.74) is 0. The van der Waals surface area contributed by atoms with Crippen LogP contribution in [0.25, 0.3) is 0 Å². The number of aliphatic hydroxyl groups is 1. The highest BCUT2D eigenvalue weighted by Gasteiger charge is 2.26. The number of hydrogen-bond acceptors (Lipinski definition) is 4. The van der Waals surface area contributed by atoms with Crippen LogP contribution in [-0.4, -0.2) is 40.1 Å². The van der Waals surface area contributed by atoms with E-state index in [1.807, 2.05) is 6.92 Å². The molecule has 1 atom stereocenters. The Morgan fingerprint density at radius 2 is 2.57 bits per heavy atom. The third kappa shape index (κ3) is 1.78. The predicted octanol–water partition coefficient (Wildman–Crippen LogP) is 0.658. The van der Waals surface area contributed by atoms with Gasteiger partial charge < -0.3 is 10.0 Å². The second-order valence-electron chi connectivity index (χ2n) is 3.44. The molecule has 0 aliphatic carbocycles. The summed E-state index contributed by atoms with van der Waals surface area (Å²) in [6, 6.07) is 0. The Hall–Kier alpha value is -0.940. The van der Waals surface area contributed by atoms with E-state index in [1.165, 1.54) is 11.3 Å². The number of aromatic nitrogens is 1. The predicted molar refractivity (Wildman–Crippen MR) is 53.4 cm³/mol. The van der Waals surface area contributed by atoms with Gasteiger partial charge in [-0.05, 0) is 13.3 Å². The van der Waals surface area contributed by atoms with Gasteiger partial charge in [0.05, 0.1) is 17.3 Å². The van der Waals surface area contributed by atoms with Crippen LogP contribution in [-0.2, 0) is 0 Å². The minimum absolute atomic E-state index is 0.00727. The van der Waals surface area contributed by atoms with Crippen LogP contribution >= 0.6 is 11.3 Å². The first kappa shape index (κ1) is 9.61. The van der Waals surface area contributed by atoms with E-state index in [-0.39, 0.29) is 12.0 Å². The molecule has 2 rings (SSSR count). The van der Waals surface area contributed by atoms with E-state index in [0.717, 1.165) is 5.01 Å². The Labute approximate surface area is 86.2 Å². The van der Waals surface area contributed by atoms with E-state index in [4.69, 9.17) is 0 Å². The fourth-order valence-corrected chi connectivity index (χ4v) is 2.29. The molecule has 1 aliphatic heterocycles. The van der Waals surface area contributed by atoms with Crippen molar-refractivity contribution in [1.82, 2.24) is 9.88 Å². The zero-order valence-corrected chi connectivity index (χ0v) is 8.75. The number of amides is 1. The number of aliphatic hydroxyl groups excluding tert-OH is 1. The monoisotopic (exact) mass is 212 g/mol. The van der Waals surface area contributed by atoms with Gasteiger partial charge >= 0.3 is 0 Å². The number of aryl methyl sites for hydroxylation is 1. The number of rotatable bonds is 1. The zero-order chi connectivity index (χ0) is 10.1. The first-order valence-electron chi connectivity index (χ1n) is 4.56. The molecule has 76 valence electrons. The van der Waals surface area contributed by atoms with Crippen LogP contribution < -0.4 is 0 Å². The molecule has 0 aromatic carbocycles. The van der Waals surface area contributed by atoms with Crippen molar-refractivity contribution in [3.05, 3.63) is 16.1 Å². The number of carbonyl (C=O) groups excluding carboxylic acids is 1. The van der Waals surface area contributed by atoms with Gasteiger partial charge in [0.2, 0.25) is 0 Å². The average Bonchev–Trinajstić information content (AvgIpc) is 2.73. The normalized spacial score (nSPS) is 21.6. The SMILES string of the molecule is Cc1ncc(C(=O)N2CCC(O)C2)s1. The molecule has 1 aromatic rings. The number of carbonyl (C=O) groups is 1. The van der Waals surface area contributed by atoms with Crippen LogP contribution in [0.1, 0.15) is 21.1 Å². The maximum Gasteiger partial charge on any atom is 0.265 e. The molecule has 4 nitrogen and oxygen atoms in total. The van der Waals surface area contributed by atoms with Crippen molar-refractivity contribution in [2.45, 2.75) is 19.4 Å². The number of β-amino-alcohol motifs (C(OH)–C–C–N with tert-alkyl or cyclic N) is 1. The van der Waals surface area contributed by atoms with E-state index in [1.54, 1.807) is 11.1 Å². The third-order valence-electron chi connectivity index (χ3n) is 2.28. The van der Waals surface area contributed by atoms with Crippen molar-refractivity contribution in [2.75, 3.05) is 13.1 Å². The molecule has 1 amide bonds. The fourth-order valence-electron chi connectivity index (χ4n) is 1.54. The van der Waals surface area contributed by atoms with Crippen molar-refractivity contribution in [1.29, 1.82) is 0 Å². The summed E-state index contributed by atoms with van der Waals surface area (Å²) < 4.78 is 0. The van der Waals surface area contributed by atoms with Crippen LogP contribution in [0.4, 0.5) is 0 Å². The molecule has 0 radical (unpaired) electrons. The Balaban J connectivity index is 2.09. The highest BCUT2D eigenvalue weighted by Crippen LogP contribution is 2.17. The summed E-state index contributed by atoms with van der Waals surface area (Å²) in [4.78, 5) is 18.2. The van der Waals surface area contributed by atoms with Gasteiger partial charge in [-0.25, -0.2) is 4.98 Å². The Morgan fingerprint density at radius 1 is 1.79 bits per heavy atom. The lowest BCUT2D eigenvalue weighted by atomic mass is 10.3. The summed E-state index contributed by atoms with van der Waals surface area (Å²) in [6.45, 7) is 2.98. The van der Waals surface area contributed by atoms with Gasteiger partial charge in [-0.15, -0.1) is 11.3 Å². The molecule has 0 saturated carbocycles. The summed E-state index contributed by atoms with van der Waals surface area (Å²) in [5.74, 6) is -0.00727. The van der Waals surface area contributed by atoms with Crippen LogP contribution in [0.3, 0.4) is 0 Å². The van der Waals surface area contributed by atoms with Crippen molar-refractivity contribution < 1.29 is 9.90 Å². The van der Waals surface area contributed by atoms with Gasteiger partial charge in [0, 0.05) is 13.1 Å². The first-order chi connectivity index (χ1) is 6.66. The molecular formula is C9H12N2O2S.